The number of ether oxygens (including phenoxy) is 1. The number of unbranched alkanes of at least 4 members (excludes halogenated alkanes) is 1. The van der Waals surface area contributed by atoms with Crippen LogP contribution in [0.3, 0.4) is 0 Å². The minimum absolute atomic E-state index is 0.217. The summed E-state index contributed by atoms with van der Waals surface area (Å²) in [6, 6.07) is 0. The van der Waals surface area contributed by atoms with Gasteiger partial charge in [0.1, 0.15) is 0 Å². The minimum atomic E-state index is -0.271. The molecule has 0 aromatic heterocycles. The second kappa shape index (κ2) is 8.29. The third kappa shape index (κ3) is 6.22. The number of esters is 1. The zero-order chi connectivity index (χ0) is 10.8. The van der Waals surface area contributed by atoms with Crippen LogP contribution < -0.4 is 0 Å². The third-order valence-corrected chi connectivity index (χ3v) is 1.70. The molecule has 0 aliphatic rings. The largest absolute Gasteiger partial charge is 0.466 e. The highest BCUT2D eigenvalue weighted by atomic mass is 16.5. The molecule has 0 fully saturated rings. The molecule has 0 aliphatic carbocycles. The first kappa shape index (κ1) is 12.7. The Kier molecular flexibility index (Phi) is 7.50. The maximum atomic E-state index is 11.1. The first-order valence-corrected chi connectivity index (χ1v) is 4.73. The molecule has 0 atom stereocenters. The first-order valence-electron chi connectivity index (χ1n) is 4.73. The molecule has 0 heterocycles. The quantitative estimate of drug-likeness (QED) is 0.336. The van der Waals surface area contributed by atoms with Crippen LogP contribution in [0.25, 0.3) is 0 Å². The number of rotatable bonds is 8. The van der Waals surface area contributed by atoms with Gasteiger partial charge in [0.25, 0.3) is 0 Å². The van der Waals surface area contributed by atoms with Crippen molar-refractivity contribution in [3.63, 3.8) is 0 Å². The van der Waals surface area contributed by atoms with E-state index < -0.39 is 0 Å². The summed E-state index contributed by atoms with van der Waals surface area (Å²) in [5.74, 6) is -0.271. The van der Waals surface area contributed by atoms with Crippen LogP contribution in [-0.4, -0.2) is 30.4 Å². The Morgan fingerprint density at radius 3 is 2.79 bits per heavy atom. The van der Waals surface area contributed by atoms with E-state index in [1.165, 1.54) is 11.1 Å². The normalized spacial score (nSPS) is 9.21. The van der Waals surface area contributed by atoms with E-state index in [2.05, 4.69) is 6.58 Å². The summed E-state index contributed by atoms with van der Waals surface area (Å²) in [7, 11) is 0. The molecule has 4 nitrogen and oxygen atoms in total. The summed E-state index contributed by atoms with van der Waals surface area (Å²) in [5.41, 5.74) is 0. The van der Waals surface area contributed by atoms with Crippen LogP contribution in [-0.2, 0) is 14.3 Å². The summed E-state index contributed by atoms with van der Waals surface area (Å²) in [5, 5.41) is 0. The Labute approximate surface area is 84.5 Å². The molecule has 14 heavy (non-hydrogen) atoms. The Morgan fingerprint density at radius 2 is 2.29 bits per heavy atom. The average Bonchev–Trinajstić information content (AvgIpc) is 2.20. The molecule has 0 aliphatic heterocycles. The maximum absolute atomic E-state index is 11.1. The molecule has 1 amide bonds. The number of hydrogen-bond donors (Lipinski definition) is 0. The second-order valence-corrected chi connectivity index (χ2v) is 2.85. The fourth-order valence-corrected chi connectivity index (χ4v) is 0.810. The van der Waals surface area contributed by atoms with Gasteiger partial charge in [0.15, 0.2) is 0 Å². The van der Waals surface area contributed by atoms with Gasteiger partial charge in [-0.25, -0.2) is 0 Å². The predicted molar refractivity (Wildman–Crippen MR) is 53.5 cm³/mol. The lowest BCUT2D eigenvalue weighted by atomic mass is 10.3. The SMILES string of the molecule is C=CN(C=O)CCC(=O)OCCCC. The lowest BCUT2D eigenvalue weighted by molar-refractivity contribution is -0.144. The molecular weight excluding hydrogens is 182 g/mol. The van der Waals surface area contributed by atoms with E-state index >= 15 is 0 Å². The molecule has 0 N–H and O–H groups in total. The first-order chi connectivity index (χ1) is 6.74. The van der Waals surface area contributed by atoms with E-state index in [1.54, 1.807) is 0 Å². The van der Waals surface area contributed by atoms with Gasteiger partial charge in [-0.1, -0.05) is 19.9 Å². The summed E-state index contributed by atoms with van der Waals surface area (Å²) in [6.07, 6.45) is 4.11. The highest BCUT2D eigenvalue weighted by Crippen LogP contribution is 1.94. The van der Waals surface area contributed by atoms with Gasteiger partial charge in [-0.05, 0) is 12.6 Å². The molecule has 0 aromatic rings. The summed E-state index contributed by atoms with van der Waals surface area (Å²) in [6.45, 7) is 6.25. The number of hydrogen-bond acceptors (Lipinski definition) is 3. The van der Waals surface area contributed by atoms with Crippen molar-refractivity contribution in [3.8, 4) is 0 Å². The van der Waals surface area contributed by atoms with Gasteiger partial charge in [-0.2, -0.15) is 0 Å². The predicted octanol–water partition coefficient (Wildman–Crippen LogP) is 1.32. The Hall–Kier alpha value is -1.32. The van der Waals surface area contributed by atoms with Crippen molar-refractivity contribution in [1.82, 2.24) is 4.90 Å². The number of amides is 1. The fourth-order valence-electron chi connectivity index (χ4n) is 0.810. The standard InChI is InChI=1S/C10H17NO3/c1-3-5-8-14-10(13)6-7-11(4-2)9-12/h4,9H,2-3,5-8H2,1H3. The minimum Gasteiger partial charge on any atom is -0.466 e. The van der Waals surface area contributed by atoms with Crippen LogP contribution in [0.2, 0.25) is 0 Å². The van der Waals surface area contributed by atoms with E-state index in [1.807, 2.05) is 6.92 Å². The van der Waals surface area contributed by atoms with Crippen LogP contribution >= 0.6 is 0 Å². The van der Waals surface area contributed by atoms with Gasteiger partial charge in [-0.15, -0.1) is 0 Å². The van der Waals surface area contributed by atoms with Crippen molar-refractivity contribution >= 4 is 12.4 Å². The zero-order valence-electron chi connectivity index (χ0n) is 8.57. The van der Waals surface area contributed by atoms with Crippen molar-refractivity contribution < 1.29 is 14.3 Å². The average molecular weight is 199 g/mol. The molecule has 0 radical (unpaired) electrons. The highest BCUT2D eigenvalue weighted by molar-refractivity contribution is 5.70. The highest BCUT2D eigenvalue weighted by Gasteiger charge is 2.04. The van der Waals surface area contributed by atoms with E-state index in [4.69, 9.17) is 4.74 Å². The molecule has 0 bridgehead atoms. The van der Waals surface area contributed by atoms with Crippen molar-refractivity contribution in [1.29, 1.82) is 0 Å². The molecule has 0 rings (SSSR count). The van der Waals surface area contributed by atoms with Gasteiger partial charge < -0.3 is 9.64 Å². The Morgan fingerprint density at radius 1 is 1.57 bits per heavy atom. The summed E-state index contributed by atoms with van der Waals surface area (Å²) < 4.78 is 4.91. The molecule has 0 saturated carbocycles. The monoisotopic (exact) mass is 199 g/mol. The number of nitrogens with zero attached hydrogens (tertiary/aromatic N) is 1. The molecular formula is C10H17NO3. The molecule has 4 heteroatoms. The van der Waals surface area contributed by atoms with E-state index in [0.29, 0.717) is 19.6 Å². The Balaban J connectivity index is 3.52. The van der Waals surface area contributed by atoms with Gasteiger partial charge in [0.2, 0.25) is 6.41 Å². The maximum Gasteiger partial charge on any atom is 0.307 e. The lowest BCUT2D eigenvalue weighted by Crippen LogP contribution is -2.19. The van der Waals surface area contributed by atoms with Crippen LogP contribution in [0.5, 0.6) is 0 Å². The molecule has 0 unspecified atom stereocenters. The van der Waals surface area contributed by atoms with Crippen LogP contribution in [0, 0.1) is 0 Å². The molecule has 80 valence electrons. The van der Waals surface area contributed by atoms with Crippen LogP contribution in [0.4, 0.5) is 0 Å². The van der Waals surface area contributed by atoms with Crippen molar-refractivity contribution in [2.75, 3.05) is 13.2 Å². The summed E-state index contributed by atoms with van der Waals surface area (Å²) in [4.78, 5) is 22.7. The third-order valence-electron chi connectivity index (χ3n) is 1.70. The number of carbonyl (C=O) groups excluding carboxylic acids is 2. The van der Waals surface area contributed by atoms with Crippen LogP contribution in [0.15, 0.2) is 12.8 Å². The van der Waals surface area contributed by atoms with Gasteiger partial charge in [-0.3, -0.25) is 9.59 Å². The molecule has 0 aromatic carbocycles. The lowest BCUT2D eigenvalue weighted by Gasteiger charge is -2.10. The van der Waals surface area contributed by atoms with Crippen LogP contribution in [0.1, 0.15) is 26.2 Å². The fraction of sp³-hybridized carbons (Fsp3) is 0.600. The van der Waals surface area contributed by atoms with E-state index in [9.17, 15) is 9.59 Å². The second-order valence-electron chi connectivity index (χ2n) is 2.85. The van der Waals surface area contributed by atoms with Gasteiger partial charge >= 0.3 is 5.97 Å². The smallest absolute Gasteiger partial charge is 0.307 e. The van der Waals surface area contributed by atoms with E-state index in [0.717, 1.165) is 12.8 Å². The van der Waals surface area contributed by atoms with Crippen molar-refractivity contribution in [2.45, 2.75) is 26.2 Å². The molecule has 0 spiro atoms. The van der Waals surface area contributed by atoms with Crippen molar-refractivity contribution in [3.05, 3.63) is 12.8 Å². The zero-order valence-corrected chi connectivity index (χ0v) is 8.57. The molecule has 0 saturated heterocycles. The Bertz CT molecular complexity index is 184. The van der Waals surface area contributed by atoms with E-state index in [-0.39, 0.29) is 12.4 Å². The number of carbonyl (C=O) groups is 2. The van der Waals surface area contributed by atoms with Crippen molar-refractivity contribution in [2.24, 2.45) is 0 Å². The van der Waals surface area contributed by atoms with Gasteiger partial charge in [0, 0.05) is 6.54 Å². The van der Waals surface area contributed by atoms with Gasteiger partial charge in [0.05, 0.1) is 13.0 Å². The summed E-state index contributed by atoms with van der Waals surface area (Å²) >= 11 is 0. The topological polar surface area (TPSA) is 46.6 Å².